The molecule has 1 aliphatic rings. The molecule has 0 fully saturated rings. The average molecular weight is 382 g/mol. The number of amides is 1. The minimum atomic E-state index is -0.166. The number of fused-ring (bicyclic) bond motifs is 2. The molecule has 6 heteroatoms. The number of thiophene rings is 1. The van der Waals surface area contributed by atoms with Crippen LogP contribution in [-0.2, 0) is 19.4 Å². The van der Waals surface area contributed by atoms with E-state index in [9.17, 15) is 9.59 Å². The number of hydrogen-bond acceptors (Lipinski definition) is 4. The van der Waals surface area contributed by atoms with Gasteiger partial charge in [-0.25, -0.2) is 4.98 Å². The van der Waals surface area contributed by atoms with Gasteiger partial charge in [-0.3, -0.25) is 9.59 Å². The topological polar surface area (TPSA) is 66.1 Å². The summed E-state index contributed by atoms with van der Waals surface area (Å²) in [5.74, 6) is 1.24. The SMILES string of the molecule is CCN(Cc1nc2ccccc2c(=O)[nH]1)C(=O)c1csc2c1CCC(C)C2. The highest BCUT2D eigenvalue weighted by Crippen LogP contribution is 2.33. The number of carbonyl (C=O) groups excluding carboxylic acids is 1. The van der Waals surface area contributed by atoms with Crippen LogP contribution in [0.1, 0.15) is 46.9 Å². The molecular formula is C21H23N3O2S. The number of aromatic amines is 1. The summed E-state index contributed by atoms with van der Waals surface area (Å²) in [4.78, 5) is 35.9. The number of rotatable bonds is 4. The summed E-state index contributed by atoms with van der Waals surface area (Å²) in [7, 11) is 0. The summed E-state index contributed by atoms with van der Waals surface area (Å²) in [6.45, 7) is 5.09. The van der Waals surface area contributed by atoms with Gasteiger partial charge in [0.25, 0.3) is 11.5 Å². The zero-order valence-corrected chi connectivity index (χ0v) is 16.4. The number of benzene rings is 1. The van der Waals surface area contributed by atoms with Crippen LogP contribution in [0, 0.1) is 5.92 Å². The van der Waals surface area contributed by atoms with Crippen LogP contribution in [0.5, 0.6) is 0 Å². The maximum Gasteiger partial charge on any atom is 0.258 e. The van der Waals surface area contributed by atoms with Crippen LogP contribution in [0.4, 0.5) is 0 Å². The van der Waals surface area contributed by atoms with Crippen LogP contribution in [-0.4, -0.2) is 27.3 Å². The molecule has 1 unspecified atom stereocenters. The van der Waals surface area contributed by atoms with E-state index in [1.54, 1.807) is 22.3 Å². The van der Waals surface area contributed by atoms with E-state index in [0.29, 0.717) is 35.7 Å². The van der Waals surface area contributed by atoms with Crippen LogP contribution in [0.25, 0.3) is 10.9 Å². The van der Waals surface area contributed by atoms with Crippen LogP contribution in [0.3, 0.4) is 0 Å². The molecule has 1 aliphatic carbocycles. The van der Waals surface area contributed by atoms with Gasteiger partial charge in [-0.2, -0.15) is 0 Å². The molecule has 1 N–H and O–H groups in total. The van der Waals surface area contributed by atoms with Gasteiger partial charge < -0.3 is 9.88 Å². The monoisotopic (exact) mass is 381 g/mol. The van der Waals surface area contributed by atoms with Crippen molar-refractivity contribution in [3.05, 3.63) is 61.8 Å². The Morgan fingerprint density at radius 3 is 3.00 bits per heavy atom. The summed E-state index contributed by atoms with van der Waals surface area (Å²) in [6.07, 6.45) is 3.18. The Bertz CT molecular complexity index is 1050. The van der Waals surface area contributed by atoms with Gasteiger partial charge in [-0.05, 0) is 49.8 Å². The summed E-state index contributed by atoms with van der Waals surface area (Å²) in [5, 5.41) is 2.57. The Labute approximate surface area is 162 Å². The van der Waals surface area contributed by atoms with Crippen LogP contribution < -0.4 is 5.56 Å². The number of nitrogens with one attached hydrogen (secondary N) is 1. The van der Waals surface area contributed by atoms with E-state index in [0.717, 1.165) is 24.8 Å². The second-order valence-corrected chi connectivity index (χ2v) is 8.21. The molecule has 0 radical (unpaired) electrons. The largest absolute Gasteiger partial charge is 0.331 e. The highest BCUT2D eigenvalue weighted by Gasteiger charge is 2.26. The first-order valence-electron chi connectivity index (χ1n) is 9.43. The molecule has 1 atom stereocenters. The third-order valence-electron chi connectivity index (χ3n) is 5.30. The molecule has 2 heterocycles. The molecule has 5 nitrogen and oxygen atoms in total. The zero-order chi connectivity index (χ0) is 19.0. The molecule has 0 aliphatic heterocycles. The fraction of sp³-hybridized carbons (Fsp3) is 0.381. The maximum absolute atomic E-state index is 13.2. The average Bonchev–Trinajstić information content (AvgIpc) is 3.08. The number of nitrogens with zero attached hydrogens (tertiary/aromatic N) is 2. The zero-order valence-electron chi connectivity index (χ0n) is 15.6. The number of hydrogen-bond donors (Lipinski definition) is 1. The van der Waals surface area contributed by atoms with Crippen molar-refractivity contribution in [3.63, 3.8) is 0 Å². The Hall–Kier alpha value is -2.47. The number of H-pyrrole nitrogens is 1. The standard InChI is InChI=1S/C21H23N3O2S/c1-3-24(11-19-22-17-7-5-4-6-15(17)20(25)23-19)21(26)16-12-27-18-10-13(2)8-9-14(16)18/h4-7,12-13H,3,8-11H2,1-2H3,(H,22,23,25). The Kier molecular flexibility index (Phi) is 4.83. The molecule has 0 saturated heterocycles. The van der Waals surface area contributed by atoms with Crippen molar-refractivity contribution < 1.29 is 4.79 Å². The molecule has 4 rings (SSSR count). The summed E-state index contributed by atoms with van der Waals surface area (Å²) >= 11 is 1.70. The minimum Gasteiger partial charge on any atom is -0.331 e. The van der Waals surface area contributed by atoms with Crippen molar-refractivity contribution in [1.82, 2.24) is 14.9 Å². The molecule has 2 aromatic heterocycles. The van der Waals surface area contributed by atoms with Crippen molar-refractivity contribution in [3.8, 4) is 0 Å². The van der Waals surface area contributed by atoms with Crippen molar-refractivity contribution in [2.75, 3.05) is 6.54 Å². The normalized spacial score (nSPS) is 16.3. The van der Waals surface area contributed by atoms with Gasteiger partial charge in [0.05, 0.1) is 23.0 Å². The van der Waals surface area contributed by atoms with Gasteiger partial charge in [0, 0.05) is 16.8 Å². The fourth-order valence-electron chi connectivity index (χ4n) is 3.74. The summed E-state index contributed by atoms with van der Waals surface area (Å²) in [5.41, 5.74) is 2.54. The first kappa shape index (κ1) is 17.9. The van der Waals surface area contributed by atoms with Gasteiger partial charge in [-0.15, -0.1) is 11.3 Å². The molecule has 140 valence electrons. The maximum atomic E-state index is 13.2. The molecule has 1 aromatic carbocycles. The van der Waals surface area contributed by atoms with Gasteiger partial charge in [0.2, 0.25) is 0 Å². The van der Waals surface area contributed by atoms with Gasteiger partial charge in [0.1, 0.15) is 5.82 Å². The smallest absolute Gasteiger partial charge is 0.258 e. The molecule has 3 aromatic rings. The quantitative estimate of drug-likeness (QED) is 0.748. The van der Waals surface area contributed by atoms with Crippen LogP contribution in [0.15, 0.2) is 34.4 Å². The third-order valence-corrected chi connectivity index (χ3v) is 6.35. The lowest BCUT2D eigenvalue weighted by Crippen LogP contribution is -2.32. The lowest BCUT2D eigenvalue weighted by molar-refractivity contribution is 0.0747. The summed E-state index contributed by atoms with van der Waals surface area (Å²) < 4.78 is 0. The first-order chi connectivity index (χ1) is 13.1. The van der Waals surface area contributed by atoms with Crippen LogP contribution in [0.2, 0.25) is 0 Å². The van der Waals surface area contributed by atoms with E-state index in [1.165, 1.54) is 10.4 Å². The van der Waals surface area contributed by atoms with E-state index in [-0.39, 0.29) is 11.5 Å². The highest BCUT2D eigenvalue weighted by atomic mass is 32.1. The number of para-hydroxylation sites is 1. The second-order valence-electron chi connectivity index (χ2n) is 7.25. The van der Waals surface area contributed by atoms with Crippen LogP contribution >= 0.6 is 11.3 Å². The lowest BCUT2D eigenvalue weighted by Gasteiger charge is -2.23. The van der Waals surface area contributed by atoms with E-state index in [2.05, 4.69) is 16.9 Å². The summed E-state index contributed by atoms with van der Waals surface area (Å²) in [6, 6.07) is 7.26. The van der Waals surface area contributed by atoms with E-state index >= 15 is 0 Å². The third kappa shape index (κ3) is 3.41. The Morgan fingerprint density at radius 2 is 2.19 bits per heavy atom. The number of carbonyl (C=O) groups is 1. The van der Waals surface area contributed by atoms with Gasteiger partial charge in [-0.1, -0.05) is 19.1 Å². The second kappa shape index (κ2) is 7.27. The lowest BCUT2D eigenvalue weighted by atomic mass is 9.88. The van der Waals surface area contributed by atoms with E-state index < -0.39 is 0 Å². The minimum absolute atomic E-state index is 0.0281. The van der Waals surface area contributed by atoms with E-state index in [1.807, 2.05) is 30.5 Å². The Balaban J connectivity index is 1.61. The molecule has 1 amide bonds. The van der Waals surface area contributed by atoms with Crippen molar-refractivity contribution >= 4 is 28.1 Å². The molecule has 0 spiro atoms. The number of aromatic nitrogens is 2. The molecule has 0 bridgehead atoms. The fourth-order valence-corrected chi connectivity index (χ4v) is 4.98. The predicted molar refractivity (Wildman–Crippen MR) is 108 cm³/mol. The van der Waals surface area contributed by atoms with Crippen molar-refractivity contribution in [2.45, 2.75) is 39.7 Å². The van der Waals surface area contributed by atoms with Gasteiger partial charge in [0.15, 0.2) is 0 Å². The predicted octanol–water partition coefficient (Wildman–Crippen LogP) is 3.77. The van der Waals surface area contributed by atoms with Gasteiger partial charge >= 0.3 is 0 Å². The molecular weight excluding hydrogens is 358 g/mol. The molecule has 0 saturated carbocycles. The first-order valence-corrected chi connectivity index (χ1v) is 10.3. The highest BCUT2D eigenvalue weighted by molar-refractivity contribution is 7.10. The van der Waals surface area contributed by atoms with E-state index in [4.69, 9.17) is 0 Å². The molecule has 27 heavy (non-hydrogen) atoms. The Morgan fingerprint density at radius 1 is 1.37 bits per heavy atom. The van der Waals surface area contributed by atoms with Crippen molar-refractivity contribution in [2.24, 2.45) is 5.92 Å². The van der Waals surface area contributed by atoms with Crippen molar-refractivity contribution in [1.29, 1.82) is 0 Å².